The summed E-state index contributed by atoms with van der Waals surface area (Å²) < 4.78 is 40.6. The Bertz CT molecular complexity index is 837. The molecule has 24 heavy (non-hydrogen) atoms. The Morgan fingerprint density at radius 2 is 1.75 bits per heavy atom. The van der Waals surface area contributed by atoms with Crippen molar-refractivity contribution in [1.29, 1.82) is 0 Å². The molecule has 0 N–H and O–H groups in total. The zero-order chi connectivity index (χ0) is 17.3. The summed E-state index contributed by atoms with van der Waals surface area (Å²) >= 11 is 1.46. The van der Waals surface area contributed by atoms with Gasteiger partial charge < -0.3 is 0 Å². The standard InChI is InChI=1S/C17H14F3N3S/c1-11-3-5-12(6-4-11)14-9-15(17(18,19)20)22-23(14)13-7-8-16(24-2)21-10-13/h3-10H,1-2H3. The minimum Gasteiger partial charge on any atom is -0.248 e. The summed E-state index contributed by atoms with van der Waals surface area (Å²) in [4.78, 5) is 4.21. The highest BCUT2D eigenvalue weighted by Crippen LogP contribution is 2.33. The first kappa shape index (κ1) is 16.6. The van der Waals surface area contributed by atoms with E-state index in [0.29, 0.717) is 16.9 Å². The fourth-order valence-corrected chi connectivity index (χ4v) is 2.63. The van der Waals surface area contributed by atoms with Crippen LogP contribution >= 0.6 is 11.8 Å². The van der Waals surface area contributed by atoms with Gasteiger partial charge in [0.25, 0.3) is 0 Å². The number of hydrogen-bond acceptors (Lipinski definition) is 3. The van der Waals surface area contributed by atoms with E-state index >= 15 is 0 Å². The molecule has 1 aromatic carbocycles. The number of rotatable bonds is 3. The lowest BCUT2D eigenvalue weighted by Gasteiger charge is -2.08. The van der Waals surface area contributed by atoms with Crippen molar-refractivity contribution in [3.8, 4) is 16.9 Å². The van der Waals surface area contributed by atoms with Gasteiger partial charge in [-0.3, -0.25) is 0 Å². The zero-order valence-electron chi connectivity index (χ0n) is 13.0. The highest BCUT2D eigenvalue weighted by Gasteiger charge is 2.35. The maximum Gasteiger partial charge on any atom is 0.435 e. The van der Waals surface area contributed by atoms with Crippen molar-refractivity contribution >= 4 is 11.8 Å². The highest BCUT2D eigenvalue weighted by molar-refractivity contribution is 7.98. The van der Waals surface area contributed by atoms with E-state index in [1.165, 1.54) is 22.6 Å². The van der Waals surface area contributed by atoms with Crippen LogP contribution in [0.15, 0.2) is 53.7 Å². The van der Waals surface area contributed by atoms with Crippen molar-refractivity contribution in [1.82, 2.24) is 14.8 Å². The summed E-state index contributed by atoms with van der Waals surface area (Å²) in [5.41, 5.74) is 1.64. The first-order chi connectivity index (χ1) is 11.4. The fraction of sp³-hybridized carbons (Fsp3) is 0.176. The van der Waals surface area contributed by atoms with Gasteiger partial charge in [-0.2, -0.15) is 18.3 Å². The second-order valence-corrected chi connectivity index (χ2v) is 6.08. The van der Waals surface area contributed by atoms with Gasteiger partial charge in [0.15, 0.2) is 5.69 Å². The van der Waals surface area contributed by atoms with Gasteiger partial charge in [0.1, 0.15) is 0 Å². The normalized spacial score (nSPS) is 11.7. The first-order valence-corrected chi connectivity index (χ1v) is 8.35. The van der Waals surface area contributed by atoms with E-state index in [2.05, 4.69) is 10.1 Å². The molecule has 3 nitrogen and oxygen atoms in total. The maximum atomic E-state index is 13.1. The molecule has 0 saturated carbocycles. The van der Waals surface area contributed by atoms with Crippen LogP contribution in [0.4, 0.5) is 13.2 Å². The molecule has 0 fully saturated rings. The molecule has 0 aliphatic heterocycles. The van der Waals surface area contributed by atoms with Crippen LogP contribution in [-0.2, 0) is 6.18 Å². The van der Waals surface area contributed by atoms with Gasteiger partial charge in [0, 0.05) is 5.56 Å². The van der Waals surface area contributed by atoms with E-state index in [-0.39, 0.29) is 0 Å². The minimum absolute atomic E-state index is 0.376. The molecule has 0 atom stereocenters. The van der Waals surface area contributed by atoms with E-state index in [1.54, 1.807) is 24.3 Å². The van der Waals surface area contributed by atoms with Gasteiger partial charge in [-0.1, -0.05) is 29.8 Å². The number of nitrogens with zero attached hydrogens (tertiary/aromatic N) is 3. The summed E-state index contributed by atoms with van der Waals surface area (Å²) in [5, 5.41) is 4.54. The number of pyridine rings is 1. The maximum absolute atomic E-state index is 13.1. The van der Waals surface area contributed by atoms with Crippen molar-refractivity contribution < 1.29 is 13.2 Å². The van der Waals surface area contributed by atoms with Crippen molar-refractivity contribution in [3.63, 3.8) is 0 Å². The quantitative estimate of drug-likeness (QED) is 0.625. The third-order valence-electron chi connectivity index (χ3n) is 3.52. The summed E-state index contributed by atoms with van der Waals surface area (Å²) in [5.74, 6) is 0. The second-order valence-electron chi connectivity index (χ2n) is 5.25. The van der Waals surface area contributed by atoms with Crippen LogP contribution in [-0.4, -0.2) is 21.0 Å². The van der Waals surface area contributed by atoms with E-state index in [9.17, 15) is 13.2 Å². The number of thioether (sulfide) groups is 1. The molecular weight excluding hydrogens is 335 g/mol. The molecule has 2 heterocycles. The molecule has 3 aromatic rings. The fourth-order valence-electron chi connectivity index (χ4n) is 2.26. The molecule has 3 rings (SSSR count). The van der Waals surface area contributed by atoms with Crippen molar-refractivity contribution in [3.05, 3.63) is 59.9 Å². The summed E-state index contributed by atoms with van der Waals surface area (Å²) in [6.07, 6.45) is -1.09. The molecule has 124 valence electrons. The summed E-state index contributed by atoms with van der Waals surface area (Å²) in [6, 6.07) is 11.8. The second kappa shape index (κ2) is 6.32. The van der Waals surface area contributed by atoms with Crippen LogP contribution in [0.25, 0.3) is 16.9 Å². The van der Waals surface area contributed by atoms with Crippen LogP contribution in [0.2, 0.25) is 0 Å². The van der Waals surface area contributed by atoms with Gasteiger partial charge in [-0.05, 0) is 31.4 Å². The van der Waals surface area contributed by atoms with Crippen molar-refractivity contribution in [2.75, 3.05) is 6.26 Å². The van der Waals surface area contributed by atoms with Crippen molar-refractivity contribution in [2.24, 2.45) is 0 Å². The highest BCUT2D eigenvalue weighted by atomic mass is 32.2. The molecule has 0 saturated heterocycles. The molecule has 2 aromatic heterocycles. The lowest BCUT2D eigenvalue weighted by molar-refractivity contribution is -0.141. The summed E-state index contributed by atoms with van der Waals surface area (Å²) in [6.45, 7) is 1.92. The van der Waals surface area contributed by atoms with Gasteiger partial charge in [0.2, 0.25) is 0 Å². The number of alkyl halides is 3. The van der Waals surface area contributed by atoms with E-state index in [0.717, 1.165) is 16.7 Å². The Balaban J connectivity index is 2.15. The van der Waals surface area contributed by atoms with Gasteiger partial charge in [-0.25, -0.2) is 9.67 Å². The van der Waals surface area contributed by atoms with Gasteiger partial charge in [0.05, 0.1) is 22.6 Å². The first-order valence-electron chi connectivity index (χ1n) is 7.13. The molecule has 7 heteroatoms. The topological polar surface area (TPSA) is 30.7 Å². The predicted octanol–water partition coefficient (Wildman–Crippen LogP) is 4.98. The largest absolute Gasteiger partial charge is 0.435 e. The molecule has 0 bridgehead atoms. The van der Waals surface area contributed by atoms with Gasteiger partial charge >= 0.3 is 6.18 Å². The third kappa shape index (κ3) is 3.31. The van der Waals surface area contributed by atoms with Crippen LogP contribution in [0, 0.1) is 6.92 Å². The monoisotopic (exact) mass is 349 g/mol. The van der Waals surface area contributed by atoms with Crippen LogP contribution in [0.3, 0.4) is 0 Å². The van der Waals surface area contributed by atoms with Crippen LogP contribution in [0.5, 0.6) is 0 Å². The Morgan fingerprint density at radius 1 is 1.04 bits per heavy atom. The SMILES string of the molecule is CSc1ccc(-n2nc(C(F)(F)F)cc2-c2ccc(C)cc2)cn1. The number of benzene rings is 1. The average molecular weight is 349 g/mol. The Labute approximate surface area is 141 Å². The average Bonchev–Trinajstić information content (AvgIpc) is 3.01. The number of halogens is 3. The zero-order valence-corrected chi connectivity index (χ0v) is 13.8. The molecule has 0 aliphatic carbocycles. The predicted molar refractivity (Wildman–Crippen MR) is 88.3 cm³/mol. The van der Waals surface area contributed by atoms with E-state index in [1.807, 2.05) is 25.3 Å². The van der Waals surface area contributed by atoms with E-state index < -0.39 is 11.9 Å². The lowest BCUT2D eigenvalue weighted by Crippen LogP contribution is -2.07. The Hall–Kier alpha value is -2.28. The molecular formula is C17H14F3N3S. The molecule has 0 aliphatic rings. The number of hydrogen-bond donors (Lipinski definition) is 0. The number of aryl methyl sites for hydroxylation is 1. The molecule has 0 amide bonds. The van der Waals surface area contributed by atoms with Gasteiger partial charge in [-0.15, -0.1) is 11.8 Å². The summed E-state index contributed by atoms with van der Waals surface area (Å²) in [7, 11) is 0. The Kier molecular flexibility index (Phi) is 4.36. The minimum atomic E-state index is -4.50. The molecule has 0 radical (unpaired) electrons. The van der Waals surface area contributed by atoms with Crippen LogP contribution in [0.1, 0.15) is 11.3 Å². The number of aromatic nitrogens is 3. The van der Waals surface area contributed by atoms with E-state index in [4.69, 9.17) is 0 Å². The van der Waals surface area contributed by atoms with Crippen molar-refractivity contribution in [2.45, 2.75) is 18.1 Å². The molecule has 0 spiro atoms. The third-order valence-corrected chi connectivity index (χ3v) is 4.18. The lowest BCUT2D eigenvalue weighted by atomic mass is 10.1. The Morgan fingerprint density at radius 3 is 2.29 bits per heavy atom. The molecule has 0 unspecified atom stereocenters. The van der Waals surface area contributed by atoms with Crippen LogP contribution < -0.4 is 0 Å². The smallest absolute Gasteiger partial charge is 0.248 e.